The number of aromatic amines is 1. The number of nitrogens with one attached hydrogen (secondary N) is 1. The predicted molar refractivity (Wildman–Crippen MR) is 66.3 cm³/mol. The molecule has 3 aromatic rings. The summed E-state index contributed by atoms with van der Waals surface area (Å²) in [6, 6.07) is 5.68. The second-order valence-electron chi connectivity index (χ2n) is 4.12. The van der Waals surface area contributed by atoms with Crippen LogP contribution in [0.15, 0.2) is 28.8 Å². The standard InChI is InChI=1S/C13H11N3O2/c1-7(17)13-14-6-11(16-13)9-3-4-10-12(5-9)18-8(2)15-10/h3-6H,1-2H3,(H,14,16). The molecule has 0 radical (unpaired) electrons. The third-order valence-corrected chi connectivity index (χ3v) is 2.72. The molecule has 5 heteroatoms. The smallest absolute Gasteiger partial charge is 0.194 e. The van der Waals surface area contributed by atoms with Crippen LogP contribution in [0, 0.1) is 6.92 Å². The quantitative estimate of drug-likeness (QED) is 0.700. The van der Waals surface area contributed by atoms with Crippen molar-refractivity contribution in [1.82, 2.24) is 15.0 Å². The molecule has 0 spiro atoms. The Hall–Kier alpha value is -2.43. The van der Waals surface area contributed by atoms with Gasteiger partial charge in [-0.3, -0.25) is 4.79 Å². The third-order valence-electron chi connectivity index (χ3n) is 2.72. The third kappa shape index (κ3) is 1.69. The van der Waals surface area contributed by atoms with Crippen LogP contribution in [-0.4, -0.2) is 20.7 Å². The molecule has 0 bridgehead atoms. The van der Waals surface area contributed by atoms with E-state index in [-0.39, 0.29) is 5.78 Å². The second-order valence-corrected chi connectivity index (χ2v) is 4.12. The van der Waals surface area contributed by atoms with E-state index < -0.39 is 0 Å². The van der Waals surface area contributed by atoms with Crippen LogP contribution in [0.1, 0.15) is 23.4 Å². The summed E-state index contributed by atoms with van der Waals surface area (Å²) in [6.07, 6.45) is 1.64. The van der Waals surface area contributed by atoms with Crippen molar-refractivity contribution < 1.29 is 9.21 Å². The number of rotatable bonds is 2. The van der Waals surface area contributed by atoms with Crippen molar-refractivity contribution in [3.63, 3.8) is 0 Å². The highest BCUT2D eigenvalue weighted by Crippen LogP contribution is 2.23. The molecule has 5 nitrogen and oxygen atoms in total. The van der Waals surface area contributed by atoms with Crippen LogP contribution in [0.4, 0.5) is 0 Å². The highest BCUT2D eigenvalue weighted by atomic mass is 16.3. The van der Waals surface area contributed by atoms with Crippen LogP contribution in [0.25, 0.3) is 22.4 Å². The Morgan fingerprint density at radius 3 is 2.94 bits per heavy atom. The number of hydrogen-bond donors (Lipinski definition) is 1. The first kappa shape index (κ1) is 10.7. The van der Waals surface area contributed by atoms with E-state index in [4.69, 9.17) is 4.42 Å². The summed E-state index contributed by atoms with van der Waals surface area (Å²) in [5, 5.41) is 0. The predicted octanol–water partition coefficient (Wildman–Crippen LogP) is 2.73. The fourth-order valence-corrected chi connectivity index (χ4v) is 1.85. The van der Waals surface area contributed by atoms with Crippen molar-refractivity contribution in [3.8, 4) is 11.3 Å². The lowest BCUT2D eigenvalue weighted by Gasteiger charge is -1.96. The van der Waals surface area contributed by atoms with E-state index in [0.717, 1.165) is 22.4 Å². The summed E-state index contributed by atoms with van der Waals surface area (Å²) in [6.45, 7) is 3.29. The van der Waals surface area contributed by atoms with E-state index in [1.165, 1.54) is 6.92 Å². The summed E-state index contributed by atoms with van der Waals surface area (Å²) in [5.74, 6) is 0.910. The number of hydrogen-bond acceptors (Lipinski definition) is 4. The second kappa shape index (κ2) is 3.80. The highest BCUT2D eigenvalue weighted by Gasteiger charge is 2.09. The van der Waals surface area contributed by atoms with Crippen molar-refractivity contribution >= 4 is 16.9 Å². The number of H-pyrrole nitrogens is 1. The number of nitrogens with zero attached hydrogens (tertiary/aromatic N) is 2. The van der Waals surface area contributed by atoms with E-state index in [1.807, 2.05) is 25.1 Å². The molecule has 0 aliphatic heterocycles. The molecule has 18 heavy (non-hydrogen) atoms. The van der Waals surface area contributed by atoms with Crippen LogP contribution >= 0.6 is 0 Å². The number of ketones is 1. The maximum absolute atomic E-state index is 11.2. The van der Waals surface area contributed by atoms with Crippen molar-refractivity contribution in [3.05, 3.63) is 36.1 Å². The molecule has 0 saturated heterocycles. The number of carbonyl (C=O) groups excluding carboxylic acids is 1. The lowest BCUT2D eigenvalue weighted by molar-refractivity contribution is 0.100. The van der Waals surface area contributed by atoms with Crippen LogP contribution < -0.4 is 0 Å². The largest absolute Gasteiger partial charge is 0.441 e. The first-order valence-electron chi connectivity index (χ1n) is 5.57. The summed E-state index contributed by atoms with van der Waals surface area (Å²) in [4.78, 5) is 22.4. The van der Waals surface area contributed by atoms with E-state index >= 15 is 0 Å². The first-order valence-corrected chi connectivity index (χ1v) is 5.57. The Balaban J connectivity index is 2.09. The lowest BCUT2D eigenvalue weighted by Crippen LogP contribution is -1.93. The summed E-state index contributed by atoms with van der Waals surface area (Å²) >= 11 is 0. The number of carbonyl (C=O) groups is 1. The van der Waals surface area contributed by atoms with Crippen LogP contribution in [0.3, 0.4) is 0 Å². The SMILES string of the molecule is CC(=O)c1ncc(-c2ccc3nc(C)oc3c2)[nH]1. The minimum absolute atomic E-state index is 0.0853. The van der Waals surface area contributed by atoms with E-state index in [1.54, 1.807) is 6.20 Å². The van der Waals surface area contributed by atoms with Gasteiger partial charge in [-0.05, 0) is 12.1 Å². The fraction of sp³-hybridized carbons (Fsp3) is 0.154. The first-order chi connectivity index (χ1) is 8.63. The van der Waals surface area contributed by atoms with Gasteiger partial charge in [-0.15, -0.1) is 0 Å². The number of Topliss-reactive ketones (excluding diaryl/α,β-unsaturated/α-hetero) is 1. The average molecular weight is 241 g/mol. The normalized spacial score (nSPS) is 11.0. The lowest BCUT2D eigenvalue weighted by atomic mass is 10.1. The number of aryl methyl sites for hydroxylation is 1. The van der Waals surface area contributed by atoms with Crippen LogP contribution in [-0.2, 0) is 0 Å². The van der Waals surface area contributed by atoms with Crippen molar-refractivity contribution in [1.29, 1.82) is 0 Å². The minimum Gasteiger partial charge on any atom is -0.441 e. The zero-order valence-corrected chi connectivity index (χ0v) is 10.0. The van der Waals surface area contributed by atoms with Gasteiger partial charge in [-0.2, -0.15) is 0 Å². The number of imidazole rings is 1. The molecule has 1 aromatic carbocycles. The Labute approximate surface area is 103 Å². The van der Waals surface area contributed by atoms with Gasteiger partial charge in [0.2, 0.25) is 0 Å². The molecule has 0 fully saturated rings. The molecular weight excluding hydrogens is 230 g/mol. The Morgan fingerprint density at radius 2 is 2.22 bits per heavy atom. The van der Waals surface area contributed by atoms with E-state index in [0.29, 0.717) is 11.7 Å². The van der Waals surface area contributed by atoms with Gasteiger partial charge >= 0.3 is 0 Å². The topological polar surface area (TPSA) is 71.8 Å². The monoisotopic (exact) mass is 241 g/mol. The van der Waals surface area contributed by atoms with Gasteiger partial charge in [0.1, 0.15) is 5.52 Å². The summed E-state index contributed by atoms with van der Waals surface area (Å²) in [5.41, 5.74) is 3.25. The highest BCUT2D eigenvalue weighted by molar-refractivity contribution is 5.91. The van der Waals surface area contributed by atoms with Gasteiger partial charge in [-0.1, -0.05) is 6.07 Å². The molecule has 0 amide bonds. The van der Waals surface area contributed by atoms with Gasteiger partial charge in [0.15, 0.2) is 23.1 Å². The van der Waals surface area contributed by atoms with Gasteiger partial charge in [0.25, 0.3) is 0 Å². The zero-order chi connectivity index (χ0) is 12.7. The number of benzene rings is 1. The Kier molecular flexibility index (Phi) is 2.26. The van der Waals surface area contributed by atoms with Gasteiger partial charge in [0.05, 0.1) is 11.9 Å². The summed E-state index contributed by atoms with van der Waals surface area (Å²) < 4.78 is 5.47. The molecule has 2 aromatic heterocycles. The number of aromatic nitrogens is 3. The molecule has 0 unspecified atom stereocenters. The van der Waals surface area contributed by atoms with Gasteiger partial charge in [-0.25, -0.2) is 9.97 Å². The molecular formula is C13H11N3O2. The van der Waals surface area contributed by atoms with E-state index in [9.17, 15) is 4.79 Å². The van der Waals surface area contributed by atoms with Crippen molar-refractivity contribution in [2.24, 2.45) is 0 Å². The zero-order valence-electron chi connectivity index (χ0n) is 10.0. The maximum Gasteiger partial charge on any atom is 0.194 e. The van der Waals surface area contributed by atoms with Crippen molar-refractivity contribution in [2.75, 3.05) is 0 Å². The Bertz CT molecular complexity index is 740. The van der Waals surface area contributed by atoms with Crippen LogP contribution in [0.2, 0.25) is 0 Å². The molecule has 0 saturated carbocycles. The molecule has 0 atom stereocenters. The van der Waals surface area contributed by atoms with Gasteiger partial charge < -0.3 is 9.40 Å². The maximum atomic E-state index is 11.2. The number of fused-ring (bicyclic) bond motifs is 1. The average Bonchev–Trinajstić information content (AvgIpc) is 2.91. The molecule has 0 aliphatic rings. The van der Waals surface area contributed by atoms with Crippen LogP contribution in [0.5, 0.6) is 0 Å². The Morgan fingerprint density at radius 1 is 1.39 bits per heavy atom. The number of oxazole rings is 1. The summed E-state index contributed by atoms with van der Waals surface area (Å²) in [7, 11) is 0. The van der Waals surface area contributed by atoms with Crippen molar-refractivity contribution in [2.45, 2.75) is 13.8 Å². The minimum atomic E-state index is -0.0853. The molecule has 1 N–H and O–H groups in total. The molecule has 2 heterocycles. The fourth-order valence-electron chi connectivity index (χ4n) is 1.85. The molecule has 0 aliphatic carbocycles. The molecule has 90 valence electrons. The molecule has 3 rings (SSSR count). The van der Waals surface area contributed by atoms with E-state index in [2.05, 4.69) is 15.0 Å². The van der Waals surface area contributed by atoms with Gasteiger partial charge in [0, 0.05) is 19.4 Å².